The van der Waals surface area contributed by atoms with Crippen molar-refractivity contribution in [2.24, 2.45) is 0 Å². The zero-order valence-corrected chi connectivity index (χ0v) is 8.88. The summed E-state index contributed by atoms with van der Waals surface area (Å²) in [5.74, 6) is -0.973. The molecule has 2 unspecified atom stereocenters. The average Bonchev–Trinajstić information content (AvgIpc) is 2.33. The summed E-state index contributed by atoms with van der Waals surface area (Å²) in [6.07, 6.45) is 0.0432. The number of imide groups is 1. The quantitative estimate of drug-likeness (QED) is 0.468. The van der Waals surface area contributed by atoms with Gasteiger partial charge in [0.05, 0.1) is 11.7 Å². The van der Waals surface area contributed by atoms with Crippen molar-refractivity contribution in [3.8, 4) is 0 Å². The Hall–Kier alpha value is -1.04. The molecule has 0 aromatic carbocycles. The van der Waals surface area contributed by atoms with E-state index in [1.165, 1.54) is 7.05 Å². The number of thiol groups is 1. The van der Waals surface area contributed by atoms with Crippen LogP contribution in [0.4, 0.5) is 0 Å². The highest BCUT2D eigenvalue weighted by molar-refractivity contribution is 7.81. The molecule has 1 aliphatic rings. The van der Waals surface area contributed by atoms with E-state index in [2.05, 4.69) is 17.9 Å². The SMILES string of the molecule is CC(S)C(=O)NC1CC(=O)N(C)C1=O. The predicted octanol–water partition coefficient (Wildman–Crippen LogP) is -0.822. The van der Waals surface area contributed by atoms with Gasteiger partial charge in [0.25, 0.3) is 5.91 Å². The van der Waals surface area contributed by atoms with Crippen LogP contribution < -0.4 is 5.32 Å². The number of nitrogens with one attached hydrogen (secondary N) is 1. The van der Waals surface area contributed by atoms with Gasteiger partial charge < -0.3 is 5.32 Å². The lowest BCUT2D eigenvalue weighted by Crippen LogP contribution is -2.43. The standard InChI is InChI=1S/C8H12N2O3S/c1-4(14)7(12)9-5-3-6(11)10(2)8(5)13/h4-5,14H,3H2,1-2H3,(H,9,12). The maximum atomic E-state index is 11.3. The normalized spacial score (nSPS) is 23.9. The van der Waals surface area contributed by atoms with Crippen molar-refractivity contribution >= 4 is 30.4 Å². The number of amides is 3. The molecule has 0 bridgehead atoms. The molecule has 5 nitrogen and oxygen atoms in total. The van der Waals surface area contributed by atoms with Crippen LogP contribution in [0.3, 0.4) is 0 Å². The molecule has 1 aliphatic heterocycles. The Morgan fingerprint density at radius 1 is 1.64 bits per heavy atom. The summed E-state index contributed by atoms with van der Waals surface area (Å²) in [5.41, 5.74) is 0. The first kappa shape index (κ1) is 11.0. The van der Waals surface area contributed by atoms with Gasteiger partial charge in [0, 0.05) is 7.05 Å². The topological polar surface area (TPSA) is 66.5 Å². The van der Waals surface area contributed by atoms with Crippen LogP contribution in [0, 0.1) is 0 Å². The van der Waals surface area contributed by atoms with Gasteiger partial charge in [-0.15, -0.1) is 0 Å². The summed E-state index contributed by atoms with van der Waals surface area (Å²) in [6, 6.07) is -0.713. The average molecular weight is 216 g/mol. The van der Waals surface area contributed by atoms with Crippen LogP contribution in [0.25, 0.3) is 0 Å². The third kappa shape index (κ3) is 2.06. The Morgan fingerprint density at radius 2 is 2.21 bits per heavy atom. The molecule has 6 heteroatoms. The number of hydrogen-bond acceptors (Lipinski definition) is 4. The molecule has 0 saturated carbocycles. The van der Waals surface area contributed by atoms with Crippen LogP contribution in [-0.2, 0) is 14.4 Å². The number of likely N-dealkylation sites (tertiary alicyclic amines) is 1. The summed E-state index contributed by atoms with van der Waals surface area (Å²) in [4.78, 5) is 34.6. The van der Waals surface area contributed by atoms with Crippen LogP contribution in [0.1, 0.15) is 13.3 Å². The summed E-state index contributed by atoms with van der Waals surface area (Å²) in [5, 5.41) is 1.98. The van der Waals surface area contributed by atoms with Crippen molar-refractivity contribution in [1.82, 2.24) is 10.2 Å². The Bertz CT molecular complexity index is 290. The van der Waals surface area contributed by atoms with Crippen molar-refractivity contribution in [2.45, 2.75) is 24.6 Å². The van der Waals surface area contributed by atoms with Crippen molar-refractivity contribution in [3.05, 3.63) is 0 Å². The molecule has 0 aliphatic carbocycles. The third-order valence-electron chi connectivity index (χ3n) is 2.08. The number of hydrogen-bond donors (Lipinski definition) is 2. The number of carbonyl (C=O) groups is 3. The Morgan fingerprint density at radius 3 is 2.57 bits per heavy atom. The highest BCUT2D eigenvalue weighted by Gasteiger charge is 2.37. The van der Waals surface area contributed by atoms with Gasteiger partial charge in [-0.25, -0.2) is 0 Å². The van der Waals surface area contributed by atoms with Crippen LogP contribution >= 0.6 is 12.6 Å². The fourth-order valence-corrected chi connectivity index (χ4v) is 1.24. The second-order valence-corrected chi connectivity index (χ2v) is 4.01. The van der Waals surface area contributed by atoms with Gasteiger partial charge in [0.15, 0.2) is 0 Å². The fraction of sp³-hybridized carbons (Fsp3) is 0.625. The van der Waals surface area contributed by atoms with Gasteiger partial charge in [-0.3, -0.25) is 19.3 Å². The molecule has 2 atom stereocenters. The van der Waals surface area contributed by atoms with E-state index in [0.717, 1.165) is 4.90 Å². The monoisotopic (exact) mass is 216 g/mol. The van der Waals surface area contributed by atoms with Crippen molar-refractivity contribution < 1.29 is 14.4 Å². The van der Waals surface area contributed by atoms with Crippen molar-refractivity contribution in [1.29, 1.82) is 0 Å². The summed E-state index contributed by atoms with van der Waals surface area (Å²) >= 11 is 3.92. The highest BCUT2D eigenvalue weighted by Crippen LogP contribution is 2.10. The Labute approximate surface area is 87.2 Å². The predicted molar refractivity (Wildman–Crippen MR) is 52.8 cm³/mol. The third-order valence-corrected chi connectivity index (χ3v) is 2.31. The Kier molecular flexibility index (Phi) is 3.15. The zero-order valence-electron chi connectivity index (χ0n) is 7.98. The fourth-order valence-electron chi connectivity index (χ4n) is 1.16. The number of carbonyl (C=O) groups excluding carboxylic acids is 3. The molecular weight excluding hydrogens is 204 g/mol. The van der Waals surface area contributed by atoms with Crippen LogP contribution in [0.5, 0.6) is 0 Å². The molecule has 3 amide bonds. The maximum absolute atomic E-state index is 11.3. The highest BCUT2D eigenvalue weighted by atomic mass is 32.1. The molecule has 0 spiro atoms. The number of likely N-dealkylation sites (N-methyl/N-ethyl adjacent to an activating group) is 1. The number of rotatable bonds is 2. The molecule has 1 heterocycles. The van der Waals surface area contributed by atoms with Gasteiger partial charge in [-0.05, 0) is 6.92 Å². The molecule has 0 aromatic heterocycles. The first-order valence-electron chi connectivity index (χ1n) is 4.22. The van der Waals surface area contributed by atoms with E-state index in [9.17, 15) is 14.4 Å². The molecule has 1 N–H and O–H groups in total. The second kappa shape index (κ2) is 4.00. The molecule has 1 saturated heterocycles. The minimum atomic E-state index is -0.713. The Balaban J connectivity index is 2.60. The summed E-state index contributed by atoms with van der Waals surface area (Å²) in [7, 11) is 1.40. The van der Waals surface area contributed by atoms with Gasteiger partial charge in [0.2, 0.25) is 11.8 Å². The van der Waals surface area contributed by atoms with E-state index in [1.807, 2.05) is 0 Å². The molecule has 0 aromatic rings. The first-order chi connectivity index (χ1) is 6.43. The van der Waals surface area contributed by atoms with Crippen molar-refractivity contribution in [2.75, 3.05) is 7.05 Å². The van der Waals surface area contributed by atoms with E-state index in [-0.39, 0.29) is 24.1 Å². The minimum absolute atomic E-state index is 0.0432. The van der Waals surface area contributed by atoms with Gasteiger partial charge in [-0.2, -0.15) is 12.6 Å². The largest absolute Gasteiger partial charge is 0.343 e. The van der Waals surface area contributed by atoms with Crippen molar-refractivity contribution in [3.63, 3.8) is 0 Å². The smallest absolute Gasteiger partial charge is 0.252 e. The molecule has 14 heavy (non-hydrogen) atoms. The molecule has 78 valence electrons. The zero-order chi connectivity index (χ0) is 10.9. The van der Waals surface area contributed by atoms with E-state index >= 15 is 0 Å². The van der Waals surface area contributed by atoms with E-state index in [4.69, 9.17) is 0 Å². The van der Waals surface area contributed by atoms with E-state index in [1.54, 1.807) is 6.92 Å². The van der Waals surface area contributed by atoms with Gasteiger partial charge in [0.1, 0.15) is 6.04 Å². The maximum Gasteiger partial charge on any atom is 0.252 e. The van der Waals surface area contributed by atoms with Crippen LogP contribution in [-0.4, -0.2) is 41.0 Å². The molecule has 1 rings (SSSR count). The molecule has 1 fully saturated rings. The first-order valence-corrected chi connectivity index (χ1v) is 4.74. The van der Waals surface area contributed by atoms with Gasteiger partial charge in [-0.1, -0.05) is 0 Å². The lowest BCUT2D eigenvalue weighted by molar-refractivity contribution is -0.138. The molecule has 0 radical (unpaired) electrons. The summed E-state index contributed by atoms with van der Waals surface area (Å²) < 4.78 is 0. The second-order valence-electron chi connectivity index (χ2n) is 3.23. The van der Waals surface area contributed by atoms with Crippen LogP contribution in [0.15, 0.2) is 0 Å². The van der Waals surface area contributed by atoms with E-state index < -0.39 is 11.3 Å². The van der Waals surface area contributed by atoms with E-state index in [0.29, 0.717) is 0 Å². The number of nitrogens with zero attached hydrogens (tertiary/aromatic N) is 1. The summed E-state index contributed by atoms with van der Waals surface area (Å²) in [6.45, 7) is 1.60. The lowest BCUT2D eigenvalue weighted by Gasteiger charge is -2.12. The minimum Gasteiger partial charge on any atom is -0.343 e. The van der Waals surface area contributed by atoms with Crippen LogP contribution in [0.2, 0.25) is 0 Å². The van der Waals surface area contributed by atoms with Gasteiger partial charge >= 0.3 is 0 Å². The lowest BCUT2D eigenvalue weighted by atomic mass is 10.2. The molecular formula is C8H12N2O3S.